The third-order valence-electron chi connectivity index (χ3n) is 5.01. The highest BCUT2D eigenvalue weighted by Crippen LogP contribution is 2.27. The molecule has 32 heavy (non-hydrogen) atoms. The summed E-state index contributed by atoms with van der Waals surface area (Å²) < 4.78 is 0. The largest absolute Gasteiger partial charge is 0.321 e. The lowest BCUT2D eigenvalue weighted by molar-refractivity contribution is -0.383. The molecule has 9 heteroatoms. The molecule has 0 fully saturated rings. The number of likely N-dealkylation sites (N-methyl/N-ethyl adjacent to an activating group) is 1. The third-order valence-corrected chi connectivity index (χ3v) is 5.01. The average molecular weight is 429 g/mol. The molecule has 0 radical (unpaired) electrons. The van der Waals surface area contributed by atoms with Crippen LogP contribution in [0.4, 0.5) is 21.9 Å². The lowest BCUT2D eigenvalue weighted by Crippen LogP contribution is -2.47. The second-order valence-corrected chi connectivity index (χ2v) is 7.03. The predicted octanol–water partition coefficient (Wildman–Crippen LogP) is 3.56. The minimum atomic E-state index is -1.23. The van der Waals surface area contributed by atoms with Crippen LogP contribution in [-0.2, 0) is 4.79 Å². The Morgan fingerprint density at radius 3 is 2.41 bits per heavy atom. The highest BCUT2D eigenvalue weighted by Gasteiger charge is 2.31. The monoisotopic (exact) mass is 429 g/mol. The molecule has 3 aromatic carbocycles. The number of hydrogen-bond donors (Lipinski definition) is 2. The Bertz CT molecular complexity index is 1230. The second-order valence-electron chi connectivity index (χ2n) is 7.03. The number of carbonyl (C=O) groups is 2. The van der Waals surface area contributed by atoms with Crippen LogP contribution in [0.3, 0.4) is 0 Å². The fraction of sp³-hybridized carbons (Fsp3) is 0.0870. The zero-order valence-corrected chi connectivity index (χ0v) is 17.1. The van der Waals surface area contributed by atoms with Crippen LogP contribution in [0.2, 0.25) is 0 Å². The summed E-state index contributed by atoms with van der Waals surface area (Å²) in [6.45, 7) is 0. The van der Waals surface area contributed by atoms with Crippen molar-refractivity contribution in [1.82, 2.24) is 5.32 Å². The zero-order chi connectivity index (χ0) is 22.7. The van der Waals surface area contributed by atoms with Crippen LogP contribution in [0.25, 0.3) is 0 Å². The van der Waals surface area contributed by atoms with E-state index in [0.717, 1.165) is 11.1 Å². The number of fused-ring (bicyclic) bond motifs is 1. The SMILES string of the molecule is CN1C(=O)[C@H](NC(=O)Nc2ccccc2[N+](=O)[O-])N=C(c2ccccc2)c2ccccc21. The number of hydrogen-bond acceptors (Lipinski definition) is 5. The smallest absolute Gasteiger partial charge is 0.311 e. The van der Waals surface area contributed by atoms with Gasteiger partial charge in [0.2, 0.25) is 6.17 Å². The van der Waals surface area contributed by atoms with Gasteiger partial charge in [0.05, 0.1) is 16.3 Å². The van der Waals surface area contributed by atoms with Gasteiger partial charge >= 0.3 is 6.03 Å². The second kappa shape index (κ2) is 8.68. The van der Waals surface area contributed by atoms with E-state index in [1.807, 2.05) is 54.6 Å². The molecule has 0 aliphatic carbocycles. The molecule has 9 nitrogen and oxygen atoms in total. The van der Waals surface area contributed by atoms with E-state index in [1.54, 1.807) is 13.1 Å². The van der Waals surface area contributed by atoms with Crippen molar-refractivity contribution in [2.24, 2.45) is 4.99 Å². The van der Waals surface area contributed by atoms with Crippen LogP contribution < -0.4 is 15.5 Å². The molecule has 1 atom stereocenters. The van der Waals surface area contributed by atoms with E-state index in [1.165, 1.54) is 23.1 Å². The molecular formula is C23H19N5O4. The summed E-state index contributed by atoms with van der Waals surface area (Å²) in [6, 6.07) is 21.7. The summed E-state index contributed by atoms with van der Waals surface area (Å²) in [5, 5.41) is 16.2. The maximum absolute atomic E-state index is 13.1. The number of aliphatic imine (C=N–C) groups is 1. The quantitative estimate of drug-likeness (QED) is 0.487. The molecule has 1 aliphatic heterocycles. The maximum Gasteiger partial charge on any atom is 0.321 e. The Morgan fingerprint density at radius 2 is 1.66 bits per heavy atom. The summed E-state index contributed by atoms with van der Waals surface area (Å²) in [6.07, 6.45) is -1.23. The molecule has 3 aromatic rings. The summed E-state index contributed by atoms with van der Waals surface area (Å²) in [5.41, 5.74) is 2.50. The first-order valence-electron chi connectivity index (χ1n) is 9.77. The number of nitro groups is 1. The minimum absolute atomic E-state index is 0.0139. The number of nitrogens with one attached hydrogen (secondary N) is 2. The first kappa shape index (κ1) is 20.7. The molecule has 0 spiro atoms. The van der Waals surface area contributed by atoms with Crippen LogP contribution in [0.1, 0.15) is 11.1 Å². The molecule has 4 rings (SSSR count). The predicted molar refractivity (Wildman–Crippen MR) is 121 cm³/mol. The maximum atomic E-state index is 13.1. The molecule has 0 bridgehead atoms. The Kier molecular flexibility index (Phi) is 5.63. The Hall–Kier alpha value is -4.53. The van der Waals surface area contributed by atoms with Crippen molar-refractivity contribution < 1.29 is 14.5 Å². The van der Waals surface area contributed by atoms with Gasteiger partial charge in [-0.2, -0.15) is 0 Å². The summed E-state index contributed by atoms with van der Waals surface area (Å²) in [7, 11) is 1.61. The van der Waals surface area contributed by atoms with E-state index in [9.17, 15) is 19.7 Å². The summed E-state index contributed by atoms with van der Waals surface area (Å²) in [4.78, 5) is 42.4. The first-order valence-corrected chi connectivity index (χ1v) is 9.77. The van der Waals surface area contributed by atoms with Crippen LogP contribution in [-0.4, -0.2) is 35.8 Å². The van der Waals surface area contributed by atoms with Crippen molar-refractivity contribution in [2.45, 2.75) is 6.17 Å². The number of benzene rings is 3. The lowest BCUT2D eigenvalue weighted by atomic mass is 10.0. The zero-order valence-electron chi connectivity index (χ0n) is 17.1. The van der Waals surface area contributed by atoms with Crippen molar-refractivity contribution in [2.75, 3.05) is 17.3 Å². The van der Waals surface area contributed by atoms with Gasteiger partial charge in [-0.3, -0.25) is 14.9 Å². The molecule has 0 aromatic heterocycles. The topological polar surface area (TPSA) is 117 Å². The number of nitrogens with zero attached hydrogens (tertiary/aromatic N) is 3. The molecule has 1 aliphatic rings. The van der Waals surface area contributed by atoms with Gasteiger partial charge < -0.3 is 15.5 Å². The normalized spacial score (nSPS) is 15.3. The molecule has 2 N–H and O–H groups in total. The Balaban J connectivity index is 1.69. The van der Waals surface area contributed by atoms with Gasteiger partial charge in [-0.25, -0.2) is 9.79 Å². The van der Waals surface area contributed by atoms with Gasteiger partial charge in [-0.05, 0) is 12.1 Å². The fourth-order valence-corrected chi connectivity index (χ4v) is 3.46. The number of urea groups is 1. The number of amides is 3. The lowest BCUT2D eigenvalue weighted by Gasteiger charge is -2.21. The van der Waals surface area contributed by atoms with Gasteiger partial charge in [-0.15, -0.1) is 0 Å². The van der Waals surface area contributed by atoms with Crippen LogP contribution in [0.15, 0.2) is 83.9 Å². The Labute approximate surface area is 183 Å². The molecule has 3 amide bonds. The highest BCUT2D eigenvalue weighted by atomic mass is 16.6. The fourth-order valence-electron chi connectivity index (χ4n) is 3.46. The Morgan fingerprint density at radius 1 is 1.00 bits per heavy atom. The van der Waals surface area contributed by atoms with Crippen molar-refractivity contribution in [3.8, 4) is 0 Å². The van der Waals surface area contributed by atoms with Gasteiger partial charge in [0.25, 0.3) is 11.6 Å². The van der Waals surface area contributed by atoms with E-state index >= 15 is 0 Å². The summed E-state index contributed by atoms with van der Waals surface area (Å²) in [5.74, 6) is -0.443. The van der Waals surface area contributed by atoms with Gasteiger partial charge in [-0.1, -0.05) is 60.7 Å². The standard InChI is InChI=1S/C23H19N5O4/c1-27-18-13-7-5-11-16(18)20(15-9-3-2-4-10-15)25-21(22(27)29)26-23(30)24-17-12-6-8-14-19(17)28(31)32/h2-14,21H,1H3,(H2,24,26,30)/t21-/m0/s1. The average Bonchev–Trinajstić information content (AvgIpc) is 2.90. The number of anilines is 2. The number of benzodiazepines with no additional fused rings is 1. The first-order chi connectivity index (χ1) is 15.5. The molecule has 1 heterocycles. The van der Waals surface area contributed by atoms with Crippen molar-refractivity contribution in [3.05, 3.63) is 100 Å². The van der Waals surface area contributed by atoms with Gasteiger partial charge in [0.15, 0.2) is 0 Å². The van der Waals surface area contributed by atoms with E-state index in [-0.39, 0.29) is 11.4 Å². The van der Waals surface area contributed by atoms with Gasteiger partial charge in [0.1, 0.15) is 5.69 Å². The van der Waals surface area contributed by atoms with E-state index in [2.05, 4.69) is 15.6 Å². The molecule has 0 saturated carbocycles. The van der Waals surface area contributed by atoms with Crippen molar-refractivity contribution in [3.63, 3.8) is 0 Å². The van der Waals surface area contributed by atoms with Crippen molar-refractivity contribution in [1.29, 1.82) is 0 Å². The third kappa shape index (κ3) is 4.04. The van der Waals surface area contributed by atoms with E-state index in [4.69, 9.17) is 0 Å². The summed E-state index contributed by atoms with van der Waals surface area (Å²) >= 11 is 0. The molecule has 0 unspecified atom stereocenters. The van der Waals surface area contributed by atoms with Crippen LogP contribution in [0, 0.1) is 10.1 Å². The number of nitro benzene ring substituents is 1. The van der Waals surface area contributed by atoms with E-state index in [0.29, 0.717) is 11.4 Å². The molecule has 160 valence electrons. The van der Waals surface area contributed by atoms with Crippen LogP contribution in [0.5, 0.6) is 0 Å². The number of carbonyl (C=O) groups excluding carboxylic acids is 2. The minimum Gasteiger partial charge on any atom is -0.311 e. The van der Waals surface area contributed by atoms with Crippen LogP contribution >= 0.6 is 0 Å². The van der Waals surface area contributed by atoms with Gasteiger partial charge in [0, 0.05) is 24.2 Å². The highest BCUT2D eigenvalue weighted by molar-refractivity contribution is 6.20. The number of para-hydroxylation sites is 3. The van der Waals surface area contributed by atoms with E-state index < -0.39 is 23.0 Å². The molecular weight excluding hydrogens is 410 g/mol. The molecule has 0 saturated heterocycles. The van der Waals surface area contributed by atoms with Crippen molar-refractivity contribution >= 4 is 34.7 Å². The number of rotatable bonds is 4.